The number of hydrogen-bond acceptors (Lipinski definition) is 3. The molecule has 0 N–H and O–H groups in total. The van der Waals surface area contributed by atoms with Crippen LogP contribution in [0.5, 0.6) is 0 Å². The Bertz CT molecular complexity index is 3330. The molecule has 0 fully saturated rings. The molecular weight excluding hydrogens is 601 g/mol. The van der Waals surface area contributed by atoms with E-state index < -0.39 is 0 Å². The molecule has 226 valence electrons. The molecule has 0 unspecified atom stereocenters. The minimum Gasteiger partial charge on any atom is -0.437 e. The van der Waals surface area contributed by atoms with E-state index in [1.54, 1.807) is 0 Å². The highest BCUT2D eigenvalue weighted by Crippen LogP contribution is 2.47. The van der Waals surface area contributed by atoms with Gasteiger partial charge in [-0.25, -0.2) is 4.98 Å². The van der Waals surface area contributed by atoms with Crippen molar-refractivity contribution < 1.29 is 4.42 Å². The van der Waals surface area contributed by atoms with E-state index in [1.165, 1.54) is 59.6 Å². The average Bonchev–Trinajstić information content (AvgIpc) is 3.90. The first-order chi connectivity index (χ1) is 24.3. The Kier molecular flexibility index (Phi) is 4.66. The summed E-state index contributed by atoms with van der Waals surface area (Å²) in [5.41, 5.74) is 9.03. The molecule has 0 atom stereocenters. The van der Waals surface area contributed by atoms with E-state index in [2.05, 4.69) is 130 Å². The third-order valence-electron chi connectivity index (χ3n) is 10.5. The maximum atomic E-state index is 6.51. The maximum absolute atomic E-state index is 6.51. The van der Waals surface area contributed by atoms with Crippen LogP contribution >= 0.6 is 0 Å². The minimum atomic E-state index is 0.577. The molecule has 49 heavy (non-hydrogen) atoms. The molecule has 12 aromatic rings. The maximum Gasteiger partial charge on any atom is 0.238 e. The second-order valence-corrected chi connectivity index (χ2v) is 12.9. The van der Waals surface area contributed by atoms with Crippen molar-refractivity contribution in [3.63, 3.8) is 0 Å². The van der Waals surface area contributed by atoms with Crippen molar-refractivity contribution >= 4 is 92.7 Å². The lowest BCUT2D eigenvalue weighted by Gasteiger charge is -2.10. The zero-order chi connectivity index (χ0) is 31.8. The largest absolute Gasteiger partial charge is 0.437 e. The number of rotatable bonds is 2. The molecule has 0 spiro atoms. The molecule has 7 aromatic carbocycles. The Morgan fingerprint density at radius 2 is 1.14 bits per heavy atom. The summed E-state index contributed by atoms with van der Waals surface area (Å²) in [5.74, 6) is 0.586. The third-order valence-corrected chi connectivity index (χ3v) is 10.5. The second kappa shape index (κ2) is 9.00. The lowest BCUT2D eigenvalue weighted by atomic mass is 10.0. The summed E-state index contributed by atoms with van der Waals surface area (Å²) in [5, 5.41) is 11.6. The van der Waals surface area contributed by atoms with Crippen LogP contribution in [0.25, 0.3) is 110 Å². The van der Waals surface area contributed by atoms with E-state index in [1.807, 2.05) is 24.3 Å². The lowest BCUT2D eigenvalue weighted by Crippen LogP contribution is -2.03. The highest BCUT2D eigenvalue weighted by atomic mass is 16.3. The van der Waals surface area contributed by atoms with E-state index in [4.69, 9.17) is 14.4 Å². The van der Waals surface area contributed by atoms with Crippen LogP contribution in [0.15, 0.2) is 150 Å². The van der Waals surface area contributed by atoms with E-state index in [-0.39, 0.29) is 0 Å². The molecule has 0 aliphatic carbocycles. The number of hydrogen-bond donors (Lipinski definition) is 0. The molecule has 0 aliphatic heterocycles. The SMILES string of the molecule is c1ccc(-c2nc(-n3c4ccc5ccccc5c4c4cc5c6ccccc6n6c7ccccc7c(c43)c56)nc3oc4ccccc4c23)cc1. The molecule has 0 radical (unpaired) electrons. The van der Waals surface area contributed by atoms with Crippen molar-refractivity contribution in [1.82, 2.24) is 18.9 Å². The van der Waals surface area contributed by atoms with E-state index in [0.29, 0.717) is 11.7 Å². The second-order valence-electron chi connectivity index (χ2n) is 12.9. The highest BCUT2D eigenvalue weighted by Gasteiger charge is 2.27. The summed E-state index contributed by atoms with van der Waals surface area (Å²) < 4.78 is 11.2. The van der Waals surface area contributed by atoms with Crippen LogP contribution in [-0.4, -0.2) is 18.9 Å². The van der Waals surface area contributed by atoms with Gasteiger partial charge < -0.3 is 8.82 Å². The van der Waals surface area contributed by atoms with Gasteiger partial charge in [-0.15, -0.1) is 0 Å². The predicted molar refractivity (Wildman–Crippen MR) is 201 cm³/mol. The summed E-state index contributed by atoms with van der Waals surface area (Å²) in [6.45, 7) is 0. The van der Waals surface area contributed by atoms with Crippen LogP contribution in [0, 0.1) is 0 Å². The van der Waals surface area contributed by atoms with Crippen molar-refractivity contribution in [2.24, 2.45) is 0 Å². The summed E-state index contributed by atoms with van der Waals surface area (Å²) in [4.78, 5) is 10.7. The van der Waals surface area contributed by atoms with Gasteiger partial charge in [0.1, 0.15) is 5.58 Å². The average molecular weight is 625 g/mol. The van der Waals surface area contributed by atoms with Gasteiger partial charge in [0.25, 0.3) is 0 Å². The predicted octanol–water partition coefficient (Wildman–Crippen LogP) is 11.4. The number of nitrogens with zero attached hydrogens (tertiary/aromatic N) is 4. The Labute approximate surface area is 278 Å². The third kappa shape index (κ3) is 3.15. The van der Waals surface area contributed by atoms with Gasteiger partial charge >= 0.3 is 0 Å². The molecule has 5 heteroatoms. The highest BCUT2D eigenvalue weighted by molar-refractivity contribution is 6.36. The zero-order valence-corrected chi connectivity index (χ0v) is 26.1. The van der Waals surface area contributed by atoms with E-state index in [0.717, 1.165) is 38.6 Å². The van der Waals surface area contributed by atoms with Gasteiger partial charge in [0.15, 0.2) is 0 Å². The fourth-order valence-electron chi connectivity index (χ4n) is 8.50. The van der Waals surface area contributed by atoms with Gasteiger partial charge in [-0.1, -0.05) is 115 Å². The molecule has 12 rings (SSSR count). The number of furan rings is 1. The van der Waals surface area contributed by atoms with Crippen LogP contribution < -0.4 is 0 Å². The standard InChI is InChI=1S/C44H24N4O/c1-2-13-26(14-3-1)40-38-30-18-8-11-21-36(30)49-43(38)46-44(45-40)48-35-23-22-25-12-4-5-15-27(25)37(35)32-24-31-28-16-6-9-19-33(28)47-34-20-10-7-17-29(34)39(41(31)47)42(32)48/h1-24H. The van der Waals surface area contributed by atoms with Crippen molar-refractivity contribution in [3.05, 3.63) is 146 Å². The molecule has 0 bridgehead atoms. The van der Waals surface area contributed by atoms with E-state index >= 15 is 0 Å². The Morgan fingerprint density at radius 3 is 2.00 bits per heavy atom. The van der Waals surface area contributed by atoms with Gasteiger partial charge in [-0.05, 0) is 41.1 Å². The number of para-hydroxylation sites is 3. The van der Waals surface area contributed by atoms with Crippen LogP contribution in [0.3, 0.4) is 0 Å². The Balaban J connectivity index is 1.36. The van der Waals surface area contributed by atoms with Crippen molar-refractivity contribution in [1.29, 1.82) is 0 Å². The van der Waals surface area contributed by atoms with Gasteiger partial charge in [-0.3, -0.25) is 4.57 Å². The molecule has 5 heterocycles. The number of aromatic nitrogens is 4. The van der Waals surface area contributed by atoms with Crippen LogP contribution in [0.1, 0.15) is 0 Å². The minimum absolute atomic E-state index is 0.577. The van der Waals surface area contributed by atoms with Crippen LogP contribution in [0.2, 0.25) is 0 Å². The van der Waals surface area contributed by atoms with Crippen molar-refractivity contribution in [3.8, 4) is 17.2 Å². The molecule has 0 amide bonds. The van der Waals surface area contributed by atoms with Crippen LogP contribution in [0.4, 0.5) is 0 Å². The van der Waals surface area contributed by atoms with E-state index in [9.17, 15) is 0 Å². The quantitative estimate of drug-likeness (QED) is 0.192. The fourth-order valence-corrected chi connectivity index (χ4v) is 8.50. The Hall–Kier alpha value is -6.72. The first kappa shape index (κ1) is 25.4. The molecule has 0 saturated carbocycles. The number of fused-ring (bicyclic) bond motifs is 15. The monoisotopic (exact) mass is 624 g/mol. The van der Waals surface area contributed by atoms with Crippen molar-refractivity contribution in [2.75, 3.05) is 0 Å². The van der Waals surface area contributed by atoms with Gasteiger partial charge in [-0.2, -0.15) is 4.98 Å². The van der Waals surface area contributed by atoms with Crippen LogP contribution in [-0.2, 0) is 0 Å². The summed E-state index contributed by atoms with van der Waals surface area (Å²) in [7, 11) is 0. The number of benzene rings is 7. The van der Waals surface area contributed by atoms with Gasteiger partial charge in [0.2, 0.25) is 11.7 Å². The summed E-state index contributed by atoms with van der Waals surface area (Å²) in [6, 6.07) is 51.6. The van der Waals surface area contributed by atoms with Gasteiger partial charge in [0.05, 0.1) is 38.7 Å². The summed E-state index contributed by atoms with van der Waals surface area (Å²) in [6.07, 6.45) is 0. The smallest absolute Gasteiger partial charge is 0.238 e. The molecule has 5 nitrogen and oxygen atoms in total. The normalized spacial score (nSPS) is 12.5. The fraction of sp³-hybridized carbons (Fsp3) is 0. The molecule has 5 aromatic heterocycles. The lowest BCUT2D eigenvalue weighted by molar-refractivity contribution is 0.651. The summed E-state index contributed by atoms with van der Waals surface area (Å²) >= 11 is 0. The molecular formula is C44H24N4O. The first-order valence-electron chi connectivity index (χ1n) is 16.6. The molecule has 0 saturated heterocycles. The van der Waals surface area contributed by atoms with Crippen molar-refractivity contribution in [2.45, 2.75) is 0 Å². The topological polar surface area (TPSA) is 48.3 Å². The van der Waals surface area contributed by atoms with Gasteiger partial charge in [0, 0.05) is 43.3 Å². The first-order valence-corrected chi connectivity index (χ1v) is 16.6. The Morgan fingerprint density at radius 1 is 0.449 bits per heavy atom. The zero-order valence-electron chi connectivity index (χ0n) is 26.1. The molecule has 0 aliphatic rings.